The summed E-state index contributed by atoms with van der Waals surface area (Å²) in [4.78, 5) is 13.8. The number of guanidine groups is 1. The van der Waals surface area contributed by atoms with Crippen molar-refractivity contribution >= 4 is 52.1 Å². The lowest BCUT2D eigenvalue weighted by atomic mass is 10.1. The first-order valence-electron chi connectivity index (χ1n) is 9.62. The fourth-order valence-corrected chi connectivity index (χ4v) is 4.11. The van der Waals surface area contributed by atoms with Crippen molar-refractivity contribution in [2.24, 2.45) is 4.99 Å². The zero-order valence-corrected chi connectivity index (χ0v) is 20.0. The molecule has 0 spiro atoms. The molecule has 0 aromatic carbocycles. The van der Waals surface area contributed by atoms with Crippen molar-refractivity contribution in [1.82, 2.24) is 15.6 Å². The van der Waals surface area contributed by atoms with Crippen LogP contribution < -0.4 is 20.4 Å². The Morgan fingerprint density at radius 3 is 2.71 bits per heavy atom. The fraction of sp³-hybridized carbons (Fsp3) is 0.500. The SMILES string of the molecule is CCNC(=NCc1cccnc1N(C)C)NC1CCN(c2cccs2)CC1.I. The molecule has 154 valence electrons. The van der Waals surface area contributed by atoms with E-state index in [1.54, 1.807) is 0 Å². The van der Waals surface area contributed by atoms with Gasteiger partial charge >= 0.3 is 0 Å². The van der Waals surface area contributed by atoms with Gasteiger partial charge in [0, 0.05) is 51.5 Å². The predicted molar refractivity (Wildman–Crippen MR) is 131 cm³/mol. The number of rotatable bonds is 6. The Balaban J connectivity index is 0.00000280. The van der Waals surface area contributed by atoms with Gasteiger partial charge in [-0.2, -0.15) is 0 Å². The van der Waals surface area contributed by atoms with Crippen LogP contribution >= 0.6 is 35.3 Å². The molecule has 0 bridgehead atoms. The summed E-state index contributed by atoms with van der Waals surface area (Å²) in [6.07, 6.45) is 4.07. The number of hydrogen-bond donors (Lipinski definition) is 2. The van der Waals surface area contributed by atoms with E-state index < -0.39 is 0 Å². The molecule has 1 fully saturated rings. The molecule has 6 nitrogen and oxygen atoms in total. The molecule has 0 aliphatic carbocycles. The third-order valence-corrected chi connectivity index (χ3v) is 5.63. The van der Waals surface area contributed by atoms with E-state index in [9.17, 15) is 0 Å². The molecule has 3 heterocycles. The number of nitrogens with zero attached hydrogens (tertiary/aromatic N) is 4. The average molecular weight is 514 g/mol. The number of halogens is 1. The van der Waals surface area contributed by atoms with Crippen LogP contribution in [0.3, 0.4) is 0 Å². The van der Waals surface area contributed by atoms with Gasteiger partial charge in [0.25, 0.3) is 0 Å². The van der Waals surface area contributed by atoms with Crippen LogP contribution in [0.15, 0.2) is 40.8 Å². The zero-order valence-electron chi connectivity index (χ0n) is 16.9. The third kappa shape index (κ3) is 6.23. The molecule has 2 aromatic rings. The maximum absolute atomic E-state index is 4.81. The number of pyridine rings is 1. The van der Waals surface area contributed by atoms with E-state index >= 15 is 0 Å². The van der Waals surface area contributed by atoms with Gasteiger partial charge in [0.15, 0.2) is 5.96 Å². The van der Waals surface area contributed by atoms with Crippen LogP contribution in [0.5, 0.6) is 0 Å². The highest BCUT2D eigenvalue weighted by atomic mass is 127. The van der Waals surface area contributed by atoms with Gasteiger partial charge in [-0.05, 0) is 43.3 Å². The minimum atomic E-state index is 0. The molecule has 0 radical (unpaired) electrons. The van der Waals surface area contributed by atoms with E-state index in [1.807, 2.05) is 42.6 Å². The summed E-state index contributed by atoms with van der Waals surface area (Å²) >= 11 is 1.82. The molecule has 0 atom stereocenters. The van der Waals surface area contributed by atoms with Crippen LogP contribution in [0.4, 0.5) is 10.8 Å². The first kappa shape index (κ1) is 22.7. The standard InChI is InChI=1S/C20H30N6S.HI/c1-4-21-20(23-15-16-7-5-11-22-19(16)25(2)3)24-17-9-12-26(13-10-17)18-8-6-14-27-18;/h5-8,11,14,17H,4,9-10,12-13,15H2,1-3H3,(H2,21,23,24);1H. The quantitative estimate of drug-likeness (QED) is 0.351. The maximum Gasteiger partial charge on any atom is 0.191 e. The minimum Gasteiger partial charge on any atom is -0.363 e. The number of anilines is 2. The molecule has 28 heavy (non-hydrogen) atoms. The minimum absolute atomic E-state index is 0. The second-order valence-electron chi connectivity index (χ2n) is 6.93. The van der Waals surface area contributed by atoms with Crippen LogP contribution in [-0.2, 0) is 6.54 Å². The third-order valence-electron chi connectivity index (χ3n) is 4.70. The molecular formula is C20H31IN6S. The second-order valence-corrected chi connectivity index (χ2v) is 7.86. The number of aliphatic imine (C=N–C) groups is 1. The van der Waals surface area contributed by atoms with Crippen LogP contribution in [0, 0.1) is 0 Å². The van der Waals surface area contributed by atoms with Crippen molar-refractivity contribution in [2.45, 2.75) is 32.4 Å². The van der Waals surface area contributed by atoms with Crippen molar-refractivity contribution in [3.05, 3.63) is 41.4 Å². The van der Waals surface area contributed by atoms with Crippen molar-refractivity contribution in [1.29, 1.82) is 0 Å². The Labute approximate surface area is 189 Å². The van der Waals surface area contributed by atoms with Crippen molar-refractivity contribution in [2.75, 3.05) is 43.5 Å². The van der Waals surface area contributed by atoms with Gasteiger partial charge < -0.3 is 20.4 Å². The van der Waals surface area contributed by atoms with Crippen molar-refractivity contribution in [3.63, 3.8) is 0 Å². The highest BCUT2D eigenvalue weighted by Crippen LogP contribution is 2.24. The number of piperidine rings is 1. The number of hydrogen-bond acceptors (Lipinski definition) is 5. The second kappa shape index (κ2) is 11.5. The summed E-state index contributed by atoms with van der Waals surface area (Å²) in [6.45, 7) is 5.75. The lowest BCUT2D eigenvalue weighted by Crippen LogP contribution is -2.48. The van der Waals surface area contributed by atoms with Crippen LogP contribution in [0.2, 0.25) is 0 Å². The summed E-state index contributed by atoms with van der Waals surface area (Å²) in [5.41, 5.74) is 1.13. The molecule has 1 saturated heterocycles. The molecule has 0 unspecified atom stereocenters. The lowest BCUT2D eigenvalue weighted by molar-refractivity contribution is 0.463. The highest BCUT2D eigenvalue weighted by molar-refractivity contribution is 14.0. The van der Waals surface area contributed by atoms with Crippen LogP contribution in [-0.4, -0.2) is 50.7 Å². The van der Waals surface area contributed by atoms with Gasteiger partial charge in [0.05, 0.1) is 11.5 Å². The van der Waals surface area contributed by atoms with E-state index in [0.717, 1.165) is 49.8 Å². The first-order valence-corrected chi connectivity index (χ1v) is 10.5. The lowest BCUT2D eigenvalue weighted by Gasteiger charge is -2.33. The summed E-state index contributed by atoms with van der Waals surface area (Å²) in [5, 5.41) is 10.5. The topological polar surface area (TPSA) is 55.8 Å². The summed E-state index contributed by atoms with van der Waals surface area (Å²) in [7, 11) is 4.03. The molecule has 8 heteroatoms. The number of thiophene rings is 1. The Morgan fingerprint density at radius 1 is 1.29 bits per heavy atom. The van der Waals surface area contributed by atoms with E-state index in [4.69, 9.17) is 4.99 Å². The monoisotopic (exact) mass is 514 g/mol. The van der Waals surface area contributed by atoms with Crippen molar-refractivity contribution in [3.8, 4) is 0 Å². The van der Waals surface area contributed by atoms with E-state index in [2.05, 4.69) is 51.0 Å². The van der Waals surface area contributed by atoms with E-state index in [0.29, 0.717) is 12.6 Å². The van der Waals surface area contributed by atoms with Gasteiger partial charge in [0.1, 0.15) is 5.82 Å². The summed E-state index contributed by atoms with van der Waals surface area (Å²) in [6, 6.07) is 8.86. The van der Waals surface area contributed by atoms with Crippen LogP contribution in [0.25, 0.3) is 0 Å². The Bertz CT molecular complexity index is 726. The predicted octanol–water partition coefficient (Wildman–Crippen LogP) is 3.55. The van der Waals surface area contributed by atoms with E-state index in [1.165, 1.54) is 5.00 Å². The highest BCUT2D eigenvalue weighted by Gasteiger charge is 2.20. The van der Waals surface area contributed by atoms with Crippen molar-refractivity contribution < 1.29 is 0 Å². The fourth-order valence-electron chi connectivity index (χ4n) is 3.33. The smallest absolute Gasteiger partial charge is 0.191 e. The molecule has 2 N–H and O–H groups in total. The van der Waals surface area contributed by atoms with Crippen LogP contribution in [0.1, 0.15) is 25.3 Å². The van der Waals surface area contributed by atoms with Gasteiger partial charge in [-0.3, -0.25) is 0 Å². The number of aromatic nitrogens is 1. The Kier molecular flexibility index (Phi) is 9.30. The first-order chi connectivity index (χ1) is 13.2. The zero-order chi connectivity index (χ0) is 19.1. The number of nitrogens with one attached hydrogen (secondary N) is 2. The molecule has 1 aliphatic rings. The molecule has 1 aliphatic heterocycles. The molecule has 0 saturated carbocycles. The molecule has 0 amide bonds. The normalized spacial score (nSPS) is 15.1. The largest absolute Gasteiger partial charge is 0.363 e. The summed E-state index contributed by atoms with van der Waals surface area (Å²) < 4.78 is 0. The Morgan fingerprint density at radius 2 is 2.07 bits per heavy atom. The summed E-state index contributed by atoms with van der Waals surface area (Å²) in [5.74, 6) is 1.86. The average Bonchev–Trinajstić information content (AvgIpc) is 3.22. The maximum atomic E-state index is 4.81. The van der Waals surface area contributed by atoms with Gasteiger partial charge in [0.2, 0.25) is 0 Å². The molecule has 3 rings (SSSR count). The van der Waals surface area contributed by atoms with Gasteiger partial charge in [-0.1, -0.05) is 6.07 Å². The Hall–Kier alpha value is -1.55. The van der Waals surface area contributed by atoms with Gasteiger partial charge in [-0.25, -0.2) is 9.98 Å². The molecule has 2 aromatic heterocycles. The molecular weight excluding hydrogens is 483 g/mol. The van der Waals surface area contributed by atoms with E-state index in [-0.39, 0.29) is 24.0 Å². The van der Waals surface area contributed by atoms with Gasteiger partial charge in [-0.15, -0.1) is 35.3 Å².